The van der Waals surface area contributed by atoms with Gasteiger partial charge in [0.1, 0.15) is 0 Å². The normalized spacial score (nSPS) is 18.4. The van der Waals surface area contributed by atoms with Gasteiger partial charge >= 0.3 is 0 Å². The molecule has 1 N–H and O–H groups in total. The molecular formula is C18H29N. The van der Waals surface area contributed by atoms with Crippen LogP contribution in [0.1, 0.15) is 70.4 Å². The average Bonchev–Trinajstić information content (AvgIpc) is 2.86. The van der Waals surface area contributed by atoms with E-state index in [0.717, 1.165) is 6.54 Å². The molecule has 1 nitrogen and oxygen atoms in total. The number of hydrogen-bond donors (Lipinski definition) is 1. The van der Waals surface area contributed by atoms with E-state index in [1.54, 1.807) is 5.56 Å². The molecule has 0 saturated heterocycles. The average molecular weight is 259 g/mol. The van der Waals surface area contributed by atoms with Gasteiger partial charge in [-0.1, -0.05) is 64.8 Å². The molecule has 0 radical (unpaired) electrons. The lowest BCUT2D eigenvalue weighted by atomic mass is 9.78. The third kappa shape index (κ3) is 3.39. The molecule has 0 aromatic heterocycles. The van der Waals surface area contributed by atoms with E-state index in [4.69, 9.17) is 0 Å². The topological polar surface area (TPSA) is 12.0 Å². The van der Waals surface area contributed by atoms with Crippen LogP contribution in [0, 0.1) is 0 Å². The summed E-state index contributed by atoms with van der Waals surface area (Å²) in [5.41, 5.74) is 3.39. The summed E-state index contributed by atoms with van der Waals surface area (Å²) >= 11 is 0. The van der Waals surface area contributed by atoms with Gasteiger partial charge in [-0.05, 0) is 29.9 Å². The van der Waals surface area contributed by atoms with Crippen molar-refractivity contribution < 1.29 is 0 Å². The van der Waals surface area contributed by atoms with E-state index in [1.165, 1.54) is 31.2 Å². The molecule has 1 fully saturated rings. The van der Waals surface area contributed by atoms with Crippen molar-refractivity contribution in [1.29, 1.82) is 0 Å². The number of nitrogens with one attached hydrogen (secondary N) is 1. The van der Waals surface area contributed by atoms with Gasteiger partial charge in [0.25, 0.3) is 0 Å². The molecule has 0 aliphatic heterocycles. The molecule has 2 rings (SSSR count). The summed E-state index contributed by atoms with van der Waals surface area (Å²) in [6.45, 7) is 10.1. The Bertz CT molecular complexity index is 383. The van der Waals surface area contributed by atoms with Gasteiger partial charge in [0.2, 0.25) is 0 Å². The van der Waals surface area contributed by atoms with E-state index >= 15 is 0 Å². The van der Waals surface area contributed by atoms with Gasteiger partial charge in [0, 0.05) is 18.0 Å². The molecule has 0 atom stereocenters. The Balaban J connectivity index is 2.18. The van der Waals surface area contributed by atoms with Crippen molar-refractivity contribution in [2.24, 2.45) is 0 Å². The maximum atomic E-state index is 3.66. The summed E-state index contributed by atoms with van der Waals surface area (Å²) in [7, 11) is 0. The minimum atomic E-state index is 0.389. The van der Waals surface area contributed by atoms with Crippen molar-refractivity contribution in [3.8, 4) is 0 Å². The first-order chi connectivity index (χ1) is 9.03. The second-order valence-electron chi connectivity index (χ2n) is 6.80. The smallest absolute Gasteiger partial charge is 0.00778 e. The fourth-order valence-electron chi connectivity index (χ4n) is 3.24. The molecule has 0 amide bonds. The SMILES string of the molecule is CC(C)NCC1(c2ccc(C(C)C)cc2)CCCC1. The van der Waals surface area contributed by atoms with Crippen molar-refractivity contribution in [2.45, 2.75) is 70.8 Å². The molecule has 1 aliphatic rings. The van der Waals surface area contributed by atoms with Gasteiger partial charge in [-0.15, -0.1) is 0 Å². The fraction of sp³-hybridized carbons (Fsp3) is 0.667. The van der Waals surface area contributed by atoms with Crippen molar-refractivity contribution in [3.63, 3.8) is 0 Å². The molecule has 1 heteroatoms. The number of benzene rings is 1. The lowest BCUT2D eigenvalue weighted by molar-refractivity contribution is 0.387. The van der Waals surface area contributed by atoms with Crippen LogP contribution < -0.4 is 5.32 Å². The first-order valence-electron chi connectivity index (χ1n) is 7.87. The fourth-order valence-corrected chi connectivity index (χ4v) is 3.24. The highest BCUT2D eigenvalue weighted by atomic mass is 14.9. The van der Waals surface area contributed by atoms with Crippen LogP contribution in [0.2, 0.25) is 0 Å². The second-order valence-corrected chi connectivity index (χ2v) is 6.80. The van der Waals surface area contributed by atoms with E-state index in [2.05, 4.69) is 57.3 Å². The highest BCUT2D eigenvalue weighted by molar-refractivity contribution is 5.32. The van der Waals surface area contributed by atoms with E-state index in [0.29, 0.717) is 17.4 Å². The van der Waals surface area contributed by atoms with Crippen LogP contribution in [0.4, 0.5) is 0 Å². The maximum Gasteiger partial charge on any atom is 0.00778 e. The summed E-state index contributed by atoms with van der Waals surface area (Å²) in [5.74, 6) is 0.627. The third-order valence-corrected chi connectivity index (χ3v) is 4.60. The van der Waals surface area contributed by atoms with Gasteiger partial charge in [-0.25, -0.2) is 0 Å². The molecule has 1 aromatic rings. The quantitative estimate of drug-likeness (QED) is 0.813. The Morgan fingerprint density at radius 3 is 2.05 bits per heavy atom. The molecule has 0 unspecified atom stereocenters. The minimum Gasteiger partial charge on any atom is -0.314 e. The van der Waals surface area contributed by atoms with Crippen molar-refractivity contribution in [3.05, 3.63) is 35.4 Å². The van der Waals surface area contributed by atoms with Crippen LogP contribution in [-0.4, -0.2) is 12.6 Å². The zero-order valence-electron chi connectivity index (χ0n) is 13.0. The molecule has 0 bridgehead atoms. The van der Waals surface area contributed by atoms with E-state index in [9.17, 15) is 0 Å². The lowest BCUT2D eigenvalue weighted by Gasteiger charge is -2.31. The van der Waals surface area contributed by atoms with Crippen LogP contribution in [-0.2, 0) is 5.41 Å². The summed E-state index contributed by atoms with van der Waals surface area (Å²) in [6, 6.07) is 9.99. The van der Waals surface area contributed by atoms with Gasteiger partial charge in [-0.2, -0.15) is 0 Å². The monoisotopic (exact) mass is 259 g/mol. The Kier molecular flexibility index (Phi) is 4.67. The van der Waals surface area contributed by atoms with Crippen LogP contribution in [0.5, 0.6) is 0 Å². The van der Waals surface area contributed by atoms with Crippen LogP contribution in [0.3, 0.4) is 0 Å². The molecule has 1 saturated carbocycles. The van der Waals surface area contributed by atoms with Gasteiger partial charge < -0.3 is 5.32 Å². The van der Waals surface area contributed by atoms with Crippen molar-refractivity contribution in [2.75, 3.05) is 6.54 Å². The van der Waals surface area contributed by atoms with Gasteiger partial charge in [-0.3, -0.25) is 0 Å². The Hall–Kier alpha value is -0.820. The lowest BCUT2D eigenvalue weighted by Crippen LogP contribution is -2.39. The van der Waals surface area contributed by atoms with Gasteiger partial charge in [0.15, 0.2) is 0 Å². The van der Waals surface area contributed by atoms with Crippen molar-refractivity contribution in [1.82, 2.24) is 5.32 Å². The van der Waals surface area contributed by atoms with Crippen LogP contribution >= 0.6 is 0 Å². The molecule has 1 aromatic carbocycles. The zero-order valence-corrected chi connectivity index (χ0v) is 13.0. The Morgan fingerprint density at radius 2 is 1.58 bits per heavy atom. The number of hydrogen-bond acceptors (Lipinski definition) is 1. The van der Waals surface area contributed by atoms with E-state index < -0.39 is 0 Å². The van der Waals surface area contributed by atoms with E-state index in [-0.39, 0.29) is 0 Å². The molecule has 0 heterocycles. The predicted octanol–water partition coefficient (Wildman–Crippen LogP) is 4.62. The first-order valence-corrected chi connectivity index (χ1v) is 7.87. The van der Waals surface area contributed by atoms with E-state index in [1.807, 2.05) is 0 Å². The third-order valence-electron chi connectivity index (χ3n) is 4.60. The minimum absolute atomic E-state index is 0.389. The van der Waals surface area contributed by atoms with Gasteiger partial charge in [0.05, 0.1) is 0 Å². The Labute approximate surface area is 118 Å². The molecule has 0 spiro atoms. The Morgan fingerprint density at radius 1 is 1.00 bits per heavy atom. The maximum absolute atomic E-state index is 3.66. The van der Waals surface area contributed by atoms with Crippen molar-refractivity contribution >= 4 is 0 Å². The highest BCUT2D eigenvalue weighted by Gasteiger charge is 2.35. The second kappa shape index (κ2) is 6.09. The summed E-state index contributed by atoms with van der Waals surface area (Å²) < 4.78 is 0. The summed E-state index contributed by atoms with van der Waals surface area (Å²) in [5, 5.41) is 3.66. The summed E-state index contributed by atoms with van der Waals surface area (Å²) in [4.78, 5) is 0. The highest BCUT2D eigenvalue weighted by Crippen LogP contribution is 2.41. The molecular weight excluding hydrogens is 230 g/mol. The number of rotatable bonds is 5. The first kappa shape index (κ1) is 14.6. The molecule has 106 valence electrons. The summed E-state index contributed by atoms with van der Waals surface area (Å²) in [6.07, 6.45) is 5.44. The predicted molar refractivity (Wildman–Crippen MR) is 83.8 cm³/mol. The standard InChI is InChI=1S/C18H29N/c1-14(2)16-7-9-17(10-8-16)18(11-5-6-12-18)13-19-15(3)4/h7-10,14-15,19H,5-6,11-13H2,1-4H3. The van der Waals surface area contributed by atoms with Crippen LogP contribution in [0.25, 0.3) is 0 Å². The molecule has 19 heavy (non-hydrogen) atoms. The zero-order chi connectivity index (χ0) is 13.9. The molecule has 1 aliphatic carbocycles. The van der Waals surface area contributed by atoms with Crippen LogP contribution in [0.15, 0.2) is 24.3 Å². The largest absolute Gasteiger partial charge is 0.314 e.